The van der Waals surface area contributed by atoms with E-state index in [2.05, 4.69) is 9.84 Å². The number of methoxy groups -OCH3 is 1. The molecule has 0 amide bonds. The van der Waals surface area contributed by atoms with Crippen molar-refractivity contribution in [2.45, 2.75) is 0 Å². The van der Waals surface area contributed by atoms with Gasteiger partial charge in [0.05, 0.1) is 17.7 Å². The highest BCUT2D eigenvalue weighted by Gasteiger charge is 2.20. The van der Waals surface area contributed by atoms with Crippen LogP contribution in [0.1, 0.15) is 10.5 Å². The molecule has 0 aliphatic rings. The topological polar surface area (TPSA) is 70.4 Å². The van der Waals surface area contributed by atoms with Gasteiger partial charge >= 0.3 is 11.9 Å². The Labute approximate surface area is 142 Å². The van der Waals surface area contributed by atoms with Crippen LogP contribution in [0, 0.1) is 0 Å². The maximum atomic E-state index is 12.4. The van der Waals surface area contributed by atoms with Crippen molar-refractivity contribution in [2.24, 2.45) is 0 Å². The summed E-state index contributed by atoms with van der Waals surface area (Å²) >= 11 is 1.52. The number of esters is 2. The van der Waals surface area contributed by atoms with E-state index in [4.69, 9.17) is 4.74 Å². The molecule has 0 N–H and O–H groups in total. The van der Waals surface area contributed by atoms with E-state index in [-0.39, 0.29) is 5.69 Å². The van der Waals surface area contributed by atoms with Crippen molar-refractivity contribution in [3.63, 3.8) is 0 Å². The molecule has 3 aromatic rings. The first-order chi connectivity index (χ1) is 11.7. The van der Waals surface area contributed by atoms with Crippen molar-refractivity contribution in [1.82, 2.24) is 9.78 Å². The second-order valence-corrected chi connectivity index (χ2v) is 5.74. The first-order valence-electron chi connectivity index (χ1n) is 7.12. The van der Waals surface area contributed by atoms with Crippen molar-refractivity contribution in [2.75, 3.05) is 13.7 Å². The Morgan fingerprint density at radius 2 is 1.96 bits per heavy atom. The van der Waals surface area contributed by atoms with Crippen LogP contribution in [0.25, 0.3) is 16.3 Å². The van der Waals surface area contributed by atoms with E-state index in [9.17, 15) is 9.59 Å². The Kier molecular flexibility index (Phi) is 4.72. The van der Waals surface area contributed by atoms with Gasteiger partial charge in [-0.25, -0.2) is 14.3 Å². The molecule has 6 nitrogen and oxygen atoms in total. The molecule has 0 radical (unpaired) electrons. The van der Waals surface area contributed by atoms with E-state index < -0.39 is 18.5 Å². The minimum Gasteiger partial charge on any atom is -0.466 e. The van der Waals surface area contributed by atoms with Gasteiger partial charge in [0.1, 0.15) is 5.69 Å². The van der Waals surface area contributed by atoms with Gasteiger partial charge in [-0.1, -0.05) is 24.3 Å². The molecule has 0 aliphatic heterocycles. The maximum Gasteiger partial charge on any atom is 0.357 e. The summed E-state index contributed by atoms with van der Waals surface area (Å²) in [6, 6.07) is 14.7. The number of hydrogen-bond acceptors (Lipinski definition) is 6. The number of benzene rings is 1. The van der Waals surface area contributed by atoms with Crippen molar-refractivity contribution in [3.8, 4) is 16.3 Å². The molecule has 2 aromatic heterocycles. The summed E-state index contributed by atoms with van der Waals surface area (Å²) in [5.74, 6) is -1.26. The summed E-state index contributed by atoms with van der Waals surface area (Å²) < 4.78 is 11.0. The molecule has 7 heteroatoms. The molecule has 0 atom stereocenters. The van der Waals surface area contributed by atoms with Gasteiger partial charge < -0.3 is 9.47 Å². The number of nitrogens with zero attached hydrogens (tertiary/aromatic N) is 2. The van der Waals surface area contributed by atoms with Crippen molar-refractivity contribution >= 4 is 23.3 Å². The first kappa shape index (κ1) is 15.9. The van der Waals surface area contributed by atoms with Gasteiger partial charge in [-0.15, -0.1) is 11.3 Å². The molecule has 2 heterocycles. The normalized spacial score (nSPS) is 10.4. The summed E-state index contributed by atoms with van der Waals surface area (Å²) in [7, 11) is 1.24. The third-order valence-electron chi connectivity index (χ3n) is 3.24. The lowest BCUT2D eigenvalue weighted by Crippen LogP contribution is -2.17. The minimum absolute atomic E-state index is 0.244. The number of carbonyl (C=O) groups excluding carboxylic acids is 2. The second-order valence-electron chi connectivity index (χ2n) is 4.79. The van der Waals surface area contributed by atoms with E-state index in [0.717, 1.165) is 10.6 Å². The average molecular weight is 342 g/mol. The quantitative estimate of drug-likeness (QED) is 0.667. The van der Waals surface area contributed by atoms with E-state index in [1.54, 1.807) is 6.07 Å². The number of thiophene rings is 1. The van der Waals surface area contributed by atoms with Crippen LogP contribution in [0.4, 0.5) is 0 Å². The zero-order chi connectivity index (χ0) is 16.9. The SMILES string of the molecule is COC(=O)COC(=O)c1cc(-c2cccs2)nn1-c1ccccc1. The maximum absolute atomic E-state index is 12.4. The fraction of sp³-hybridized carbons (Fsp3) is 0.118. The largest absolute Gasteiger partial charge is 0.466 e. The lowest BCUT2D eigenvalue weighted by Gasteiger charge is -2.07. The van der Waals surface area contributed by atoms with Crippen molar-refractivity contribution in [3.05, 3.63) is 59.6 Å². The van der Waals surface area contributed by atoms with Gasteiger partial charge in [0.25, 0.3) is 0 Å². The molecule has 1 aromatic carbocycles. The number of rotatable bonds is 5. The van der Waals surface area contributed by atoms with Gasteiger partial charge in [-0.05, 0) is 23.6 Å². The zero-order valence-corrected chi connectivity index (χ0v) is 13.7. The highest BCUT2D eigenvalue weighted by Crippen LogP contribution is 2.26. The van der Waals surface area contributed by atoms with E-state index in [1.165, 1.54) is 23.1 Å². The number of ether oxygens (including phenoxy) is 2. The zero-order valence-electron chi connectivity index (χ0n) is 12.8. The third-order valence-corrected chi connectivity index (χ3v) is 4.13. The van der Waals surface area contributed by atoms with Gasteiger partial charge in [0.15, 0.2) is 12.3 Å². The predicted molar refractivity (Wildman–Crippen MR) is 89.2 cm³/mol. The molecule has 0 aliphatic carbocycles. The van der Waals surface area contributed by atoms with E-state index in [0.29, 0.717) is 5.69 Å². The molecule has 0 saturated carbocycles. The van der Waals surface area contributed by atoms with E-state index >= 15 is 0 Å². The Morgan fingerprint density at radius 3 is 2.62 bits per heavy atom. The molecule has 0 spiro atoms. The molecule has 0 bridgehead atoms. The molecule has 122 valence electrons. The molecule has 3 rings (SSSR count). The highest BCUT2D eigenvalue weighted by molar-refractivity contribution is 7.13. The second kappa shape index (κ2) is 7.10. The Hall–Kier alpha value is -2.93. The molecular weight excluding hydrogens is 328 g/mol. The minimum atomic E-state index is -0.639. The average Bonchev–Trinajstić information content (AvgIpc) is 3.29. The molecule has 0 saturated heterocycles. The predicted octanol–water partition coefficient (Wildman–Crippen LogP) is 2.93. The lowest BCUT2D eigenvalue weighted by molar-refractivity contribution is -0.144. The van der Waals surface area contributed by atoms with Gasteiger partial charge in [0.2, 0.25) is 0 Å². The molecule has 24 heavy (non-hydrogen) atoms. The van der Waals surface area contributed by atoms with Crippen LogP contribution in [-0.2, 0) is 14.3 Å². The monoisotopic (exact) mass is 342 g/mol. The number of aromatic nitrogens is 2. The van der Waals surface area contributed by atoms with Crippen molar-refractivity contribution in [1.29, 1.82) is 0 Å². The van der Waals surface area contributed by atoms with Crippen LogP contribution in [0.15, 0.2) is 53.9 Å². The summed E-state index contributed by atoms with van der Waals surface area (Å²) in [6.07, 6.45) is 0. The van der Waals surface area contributed by atoms with Gasteiger partial charge in [-0.3, -0.25) is 0 Å². The number of carbonyl (C=O) groups is 2. The Morgan fingerprint density at radius 1 is 1.17 bits per heavy atom. The molecule has 0 fully saturated rings. The Bertz CT molecular complexity index is 841. The first-order valence-corrected chi connectivity index (χ1v) is 8.00. The van der Waals surface area contributed by atoms with Gasteiger partial charge in [0, 0.05) is 6.07 Å². The summed E-state index contributed by atoms with van der Waals surface area (Å²) in [5.41, 5.74) is 1.64. The third kappa shape index (κ3) is 3.36. The fourth-order valence-corrected chi connectivity index (χ4v) is 2.78. The summed E-state index contributed by atoms with van der Waals surface area (Å²) in [5, 5.41) is 6.44. The number of hydrogen-bond donors (Lipinski definition) is 0. The van der Waals surface area contributed by atoms with Crippen LogP contribution in [0.2, 0.25) is 0 Å². The van der Waals surface area contributed by atoms with Gasteiger partial charge in [-0.2, -0.15) is 5.10 Å². The Balaban J connectivity index is 1.97. The summed E-state index contributed by atoms with van der Waals surface area (Å²) in [6.45, 7) is -0.441. The van der Waals surface area contributed by atoms with E-state index in [1.807, 2.05) is 47.8 Å². The van der Waals surface area contributed by atoms with Crippen LogP contribution in [0.5, 0.6) is 0 Å². The lowest BCUT2D eigenvalue weighted by atomic mass is 10.3. The van der Waals surface area contributed by atoms with Crippen LogP contribution < -0.4 is 0 Å². The molecule has 0 unspecified atom stereocenters. The van der Waals surface area contributed by atoms with Crippen molar-refractivity contribution < 1.29 is 19.1 Å². The fourth-order valence-electron chi connectivity index (χ4n) is 2.09. The molecular formula is C17H14N2O4S. The smallest absolute Gasteiger partial charge is 0.357 e. The van der Waals surface area contributed by atoms with Crippen LogP contribution >= 0.6 is 11.3 Å². The highest BCUT2D eigenvalue weighted by atomic mass is 32.1. The number of para-hydroxylation sites is 1. The standard InChI is InChI=1S/C17H14N2O4S/c1-22-16(20)11-23-17(21)14-10-13(15-8-5-9-24-15)18-19(14)12-6-3-2-4-7-12/h2-10H,11H2,1H3. The van der Waals surface area contributed by atoms with Crippen LogP contribution in [0.3, 0.4) is 0 Å². The summed E-state index contributed by atoms with van der Waals surface area (Å²) in [4.78, 5) is 24.5. The van der Waals surface area contributed by atoms with Crippen LogP contribution in [-0.4, -0.2) is 35.4 Å².